The number of benzene rings is 1. The van der Waals surface area contributed by atoms with Gasteiger partial charge in [0.1, 0.15) is 23.7 Å². The molecule has 0 unspecified atom stereocenters. The summed E-state index contributed by atoms with van der Waals surface area (Å²) in [5.41, 5.74) is 9.13. The van der Waals surface area contributed by atoms with Gasteiger partial charge < -0.3 is 20.9 Å². The van der Waals surface area contributed by atoms with E-state index in [4.69, 9.17) is 10.5 Å². The molecule has 1 aliphatic heterocycles. The third-order valence-electron chi connectivity index (χ3n) is 5.43. The summed E-state index contributed by atoms with van der Waals surface area (Å²) in [5, 5.41) is 14.4. The Hall–Kier alpha value is -2.23. The first kappa shape index (κ1) is 25.0. The monoisotopic (exact) mass is 438 g/mol. The van der Waals surface area contributed by atoms with Gasteiger partial charge in [-0.3, -0.25) is 9.59 Å². The molecule has 0 bridgehead atoms. The normalized spacial score (nSPS) is 19.1. The molecule has 0 saturated carbocycles. The molecular weight excluding hydrogens is 403 g/mol. The van der Waals surface area contributed by atoms with Crippen molar-refractivity contribution in [2.45, 2.75) is 64.6 Å². The Morgan fingerprint density at radius 3 is 2.81 bits per heavy atom. The van der Waals surface area contributed by atoms with E-state index in [0.717, 1.165) is 38.4 Å². The number of carbonyl (C=O) groups excluding carboxylic acids is 2. The summed E-state index contributed by atoms with van der Waals surface area (Å²) in [4.78, 5) is 24.4. The molecule has 1 amide bonds. The fraction of sp³-hybridized carbons (Fsp3) is 0.636. The van der Waals surface area contributed by atoms with Crippen molar-refractivity contribution < 1.29 is 23.8 Å². The Bertz CT molecular complexity index is 746. The predicted molar refractivity (Wildman–Crippen MR) is 115 cm³/mol. The van der Waals surface area contributed by atoms with Crippen LogP contribution in [0.15, 0.2) is 18.2 Å². The van der Waals surface area contributed by atoms with Crippen molar-refractivity contribution in [2.75, 3.05) is 19.6 Å². The molecule has 0 aromatic heterocycles. The lowest BCUT2D eigenvalue weighted by atomic mass is 10.1. The standard InChI is InChI=1S/C22H35FN4O4/c1-14(2)20(24)21(29)25-10-4-5-11-27-12-6-7-19(26-27)22(30)31-15(3)17-13-16(28)8-9-18(17)23/h8-9,13-15,19-20,26,28H,4-7,10-12,24H2,1-3H3,(H,25,29)/t15-,19+,20+/m1/s1. The van der Waals surface area contributed by atoms with Gasteiger partial charge in [0, 0.05) is 25.2 Å². The maximum atomic E-state index is 14.0. The zero-order valence-corrected chi connectivity index (χ0v) is 18.6. The van der Waals surface area contributed by atoms with Crippen LogP contribution < -0.4 is 16.5 Å². The molecule has 3 atom stereocenters. The highest BCUT2D eigenvalue weighted by Gasteiger charge is 2.28. The third-order valence-corrected chi connectivity index (χ3v) is 5.43. The Balaban J connectivity index is 1.73. The number of ether oxygens (including phenoxy) is 1. The van der Waals surface area contributed by atoms with Crippen LogP contribution in [0.25, 0.3) is 0 Å². The first-order valence-corrected chi connectivity index (χ1v) is 10.9. The third kappa shape index (κ3) is 7.75. The molecule has 1 aliphatic rings. The summed E-state index contributed by atoms with van der Waals surface area (Å²) in [5.74, 6) is -1.09. The minimum Gasteiger partial charge on any atom is -0.508 e. The van der Waals surface area contributed by atoms with Crippen molar-refractivity contribution in [1.82, 2.24) is 15.8 Å². The molecule has 1 heterocycles. The van der Waals surface area contributed by atoms with E-state index in [1.807, 2.05) is 18.9 Å². The molecule has 0 spiro atoms. The molecule has 31 heavy (non-hydrogen) atoms. The molecule has 2 rings (SSSR count). The highest BCUT2D eigenvalue weighted by Crippen LogP contribution is 2.25. The van der Waals surface area contributed by atoms with Crippen LogP contribution in [0.3, 0.4) is 0 Å². The van der Waals surface area contributed by atoms with Gasteiger partial charge in [0.2, 0.25) is 5.91 Å². The summed E-state index contributed by atoms with van der Waals surface area (Å²) < 4.78 is 19.4. The van der Waals surface area contributed by atoms with Crippen LogP contribution >= 0.6 is 0 Å². The topological polar surface area (TPSA) is 117 Å². The number of hydrogen-bond donors (Lipinski definition) is 4. The van der Waals surface area contributed by atoms with Gasteiger partial charge >= 0.3 is 5.97 Å². The van der Waals surface area contributed by atoms with Gasteiger partial charge in [0.15, 0.2) is 0 Å². The largest absolute Gasteiger partial charge is 0.508 e. The van der Waals surface area contributed by atoms with E-state index >= 15 is 0 Å². The first-order valence-electron chi connectivity index (χ1n) is 10.9. The van der Waals surface area contributed by atoms with Gasteiger partial charge in [-0.2, -0.15) is 0 Å². The number of phenols is 1. The number of phenolic OH excluding ortho intramolecular Hbond substituents is 1. The minimum absolute atomic E-state index is 0.0800. The summed E-state index contributed by atoms with van der Waals surface area (Å²) in [6.07, 6.45) is 2.31. The molecule has 0 aliphatic carbocycles. The summed E-state index contributed by atoms with van der Waals surface area (Å²) in [6, 6.07) is 2.67. The van der Waals surface area contributed by atoms with Crippen LogP contribution in [-0.2, 0) is 14.3 Å². The van der Waals surface area contributed by atoms with Gasteiger partial charge in [0.05, 0.1) is 6.04 Å². The Morgan fingerprint density at radius 1 is 1.35 bits per heavy atom. The molecule has 0 radical (unpaired) electrons. The molecular formula is C22H35FN4O4. The predicted octanol–water partition coefficient (Wildman–Crippen LogP) is 1.98. The lowest BCUT2D eigenvalue weighted by Crippen LogP contribution is -2.53. The quantitative estimate of drug-likeness (QED) is 0.326. The lowest BCUT2D eigenvalue weighted by molar-refractivity contribution is -0.154. The van der Waals surface area contributed by atoms with E-state index in [-0.39, 0.29) is 23.1 Å². The maximum Gasteiger partial charge on any atom is 0.325 e. The van der Waals surface area contributed by atoms with Crippen LogP contribution in [-0.4, -0.2) is 53.7 Å². The highest BCUT2D eigenvalue weighted by atomic mass is 19.1. The number of carbonyl (C=O) groups is 2. The van der Waals surface area contributed by atoms with E-state index in [2.05, 4.69) is 10.7 Å². The van der Waals surface area contributed by atoms with Gasteiger partial charge in [-0.05, 0) is 56.7 Å². The van der Waals surface area contributed by atoms with Crippen LogP contribution in [0.4, 0.5) is 4.39 Å². The molecule has 174 valence electrons. The van der Waals surface area contributed by atoms with Crippen LogP contribution in [0.2, 0.25) is 0 Å². The molecule has 1 fully saturated rings. The van der Waals surface area contributed by atoms with Crippen molar-refractivity contribution >= 4 is 11.9 Å². The van der Waals surface area contributed by atoms with Gasteiger partial charge in [-0.1, -0.05) is 13.8 Å². The van der Waals surface area contributed by atoms with Crippen LogP contribution in [0.5, 0.6) is 5.75 Å². The Kier molecular flexibility index (Phi) is 9.67. The van der Waals surface area contributed by atoms with Crippen LogP contribution in [0.1, 0.15) is 58.1 Å². The van der Waals surface area contributed by atoms with E-state index in [9.17, 15) is 19.1 Å². The van der Waals surface area contributed by atoms with E-state index < -0.39 is 30.0 Å². The number of aromatic hydroxyl groups is 1. The first-order chi connectivity index (χ1) is 14.7. The molecule has 1 aromatic carbocycles. The molecule has 8 nitrogen and oxygen atoms in total. The SMILES string of the molecule is CC(C)[C@H](N)C(=O)NCCCCN1CCC[C@@H](C(=O)O[C@H](C)c2cc(O)ccc2F)N1. The number of nitrogens with zero attached hydrogens (tertiary/aromatic N) is 1. The maximum absolute atomic E-state index is 14.0. The van der Waals surface area contributed by atoms with Crippen molar-refractivity contribution in [3.63, 3.8) is 0 Å². The molecule has 1 saturated heterocycles. The second-order valence-electron chi connectivity index (χ2n) is 8.36. The number of amides is 1. The lowest BCUT2D eigenvalue weighted by Gasteiger charge is -2.33. The number of halogens is 1. The Labute approximate surface area is 183 Å². The van der Waals surface area contributed by atoms with Crippen molar-refractivity contribution in [3.05, 3.63) is 29.6 Å². The molecule has 9 heteroatoms. The van der Waals surface area contributed by atoms with E-state index in [1.165, 1.54) is 12.1 Å². The second kappa shape index (κ2) is 12.0. The minimum atomic E-state index is -0.808. The Morgan fingerprint density at radius 2 is 2.10 bits per heavy atom. The molecule has 5 N–H and O–H groups in total. The number of rotatable bonds is 10. The fourth-order valence-electron chi connectivity index (χ4n) is 3.41. The van der Waals surface area contributed by atoms with Gasteiger partial charge in [0.25, 0.3) is 0 Å². The van der Waals surface area contributed by atoms with Crippen molar-refractivity contribution in [2.24, 2.45) is 11.7 Å². The van der Waals surface area contributed by atoms with Gasteiger partial charge in [-0.15, -0.1) is 0 Å². The summed E-state index contributed by atoms with van der Waals surface area (Å²) >= 11 is 0. The zero-order valence-electron chi connectivity index (χ0n) is 18.6. The number of nitrogens with one attached hydrogen (secondary N) is 2. The van der Waals surface area contributed by atoms with Crippen molar-refractivity contribution in [1.29, 1.82) is 0 Å². The molecule has 1 aromatic rings. The number of unbranched alkanes of at least 4 members (excludes halogenated alkanes) is 1. The fourth-order valence-corrected chi connectivity index (χ4v) is 3.41. The van der Waals surface area contributed by atoms with Crippen molar-refractivity contribution in [3.8, 4) is 5.75 Å². The number of nitrogens with two attached hydrogens (primary N) is 1. The summed E-state index contributed by atoms with van der Waals surface area (Å²) in [6.45, 7) is 7.50. The highest BCUT2D eigenvalue weighted by molar-refractivity contribution is 5.81. The number of hydrazine groups is 1. The van der Waals surface area contributed by atoms with E-state index in [1.54, 1.807) is 6.92 Å². The van der Waals surface area contributed by atoms with Crippen LogP contribution in [0, 0.1) is 11.7 Å². The number of hydrogen-bond acceptors (Lipinski definition) is 7. The average molecular weight is 439 g/mol. The van der Waals surface area contributed by atoms with E-state index in [0.29, 0.717) is 13.0 Å². The second-order valence-corrected chi connectivity index (χ2v) is 8.36. The summed E-state index contributed by atoms with van der Waals surface area (Å²) in [7, 11) is 0. The average Bonchev–Trinajstić information content (AvgIpc) is 2.74. The zero-order chi connectivity index (χ0) is 23.0. The number of esters is 1. The van der Waals surface area contributed by atoms with Gasteiger partial charge in [-0.25, -0.2) is 14.8 Å². The smallest absolute Gasteiger partial charge is 0.325 e.